The van der Waals surface area contributed by atoms with E-state index in [9.17, 15) is 0 Å². The Balaban J connectivity index is 2.43. The van der Waals surface area contributed by atoms with Crippen LogP contribution in [0, 0.1) is 5.41 Å². The monoisotopic (exact) mass is 280 g/mol. The van der Waals surface area contributed by atoms with Gasteiger partial charge in [0.25, 0.3) is 0 Å². The minimum atomic E-state index is 0.146. The molecule has 0 unspecified atom stereocenters. The van der Waals surface area contributed by atoms with E-state index in [1.807, 2.05) is 6.07 Å². The van der Waals surface area contributed by atoms with Gasteiger partial charge in [0, 0.05) is 21.4 Å². The first kappa shape index (κ1) is 13.0. The molecule has 0 spiro atoms. The molecule has 15 heavy (non-hydrogen) atoms. The Labute approximate surface area is 107 Å². The molecular formula is C9H10Cl2N2S2. The first-order valence-electron chi connectivity index (χ1n) is 4.14. The number of nitrogens with one attached hydrogen (secondary N) is 1. The minimum absolute atomic E-state index is 0.146. The number of nitrogens with two attached hydrogens (primary N) is 1. The number of rotatable bonds is 4. The zero-order valence-corrected chi connectivity index (χ0v) is 10.9. The summed E-state index contributed by atoms with van der Waals surface area (Å²) >= 11 is 14.8. The zero-order valence-electron chi connectivity index (χ0n) is 7.80. The van der Waals surface area contributed by atoms with Gasteiger partial charge in [0.15, 0.2) is 5.17 Å². The third-order valence-electron chi connectivity index (χ3n) is 1.49. The van der Waals surface area contributed by atoms with Crippen LogP contribution in [0.1, 0.15) is 0 Å². The third-order valence-corrected chi connectivity index (χ3v) is 4.20. The molecule has 0 aliphatic carbocycles. The summed E-state index contributed by atoms with van der Waals surface area (Å²) in [5.74, 6) is 1.65. The highest BCUT2D eigenvalue weighted by Gasteiger charge is 2.02. The van der Waals surface area contributed by atoms with Crippen LogP contribution in [0.25, 0.3) is 0 Å². The largest absolute Gasteiger partial charge is 0.379 e. The maximum atomic E-state index is 7.04. The van der Waals surface area contributed by atoms with Crippen LogP contribution in [0.15, 0.2) is 23.1 Å². The van der Waals surface area contributed by atoms with Gasteiger partial charge in [-0.15, -0.1) is 11.8 Å². The van der Waals surface area contributed by atoms with Gasteiger partial charge < -0.3 is 5.73 Å². The van der Waals surface area contributed by atoms with Crippen LogP contribution in [-0.2, 0) is 0 Å². The van der Waals surface area contributed by atoms with Crippen molar-refractivity contribution in [1.29, 1.82) is 5.41 Å². The van der Waals surface area contributed by atoms with Crippen molar-refractivity contribution in [3.05, 3.63) is 28.2 Å². The van der Waals surface area contributed by atoms with Gasteiger partial charge in [0.1, 0.15) is 0 Å². The van der Waals surface area contributed by atoms with E-state index in [1.54, 1.807) is 23.9 Å². The van der Waals surface area contributed by atoms with E-state index in [2.05, 4.69) is 0 Å². The van der Waals surface area contributed by atoms with Crippen molar-refractivity contribution in [1.82, 2.24) is 0 Å². The topological polar surface area (TPSA) is 49.9 Å². The van der Waals surface area contributed by atoms with Crippen molar-refractivity contribution in [3.63, 3.8) is 0 Å². The molecular weight excluding hydrogens is 271 g/mol. The molecule has 0 aromatic heterocycles. The molecule has 0 fully saturated rings. The van der Waals surface area contributed by atoms with Crippen molar-refractivity contribution < 1.29 is 0 Å². The summed E-state index contributed by atoms with van der Waals surface area (Å²) in [6.07, 6.45) is 0. The highest BCUT2D eigenvalue weighted by Crippen LogP contribution is 2.30. The van der Waals surface area contributed by atoms with Gasteiger partial charge in [0.05, 0.1) is 5.02 Å². The van der Waals surface area contributed by atoms with Gasteiger partial charge in [-0.3, -0.25) is 5.41 Å². The van der Waals surface area contributed by atoms with Gasteiger partial charge in [-0.05, 0) is 18.2 Å². The van der Waals surface area contributed by atoms with Crippen LogP contribution in [0.4, 0.5) is 0 Å². The second-order valence-corrected chi connectivity index (χ2v) is 5.75. The second kappa shape index (κ2) is 6.53. The van der Waals surface area contributed by atoms with Crippen molar-refractivity contribution in [2.45, 2.75) is 4.90 Å². The molecule has 0 amide bonds. The Morgan fingerprint density at radius 2 is 2.07 bits per heavy atom. The van der Waals surface area contributed by atoms with E-state index >= 15 is 0 Å². The SMILES string of the molecule is N=C(N)SCCSc1cc(Cl)ccc1Cl. The zero-order chi connectivity index (χ0) is 11.3. The van der Waals surface area contributed by atoms with Gasteiger partial charge in [0.2, 0.25) is 0 Å². The molecule has 1 aromatic rings. The maximum Gasteiger partial charge on any atom is 0.151 e. The summed E-state index contributed by atoms with van der Waals surface area (Å²) in [6.45, 7) is 0. The number of benzene rings is 1. The lowest BCUT2D eigenvalue weighted by molar-refractivity contribution is 1.43. The van der Waals surface area contributed by atoms with Crippen molar-refractivity contribution in [3.8, 4) is 0 Å². The van der Waals surface area contributed by atoms with Gasteiger partial charge in [-0.25, -0.2) is 0 Å². The molecule has 0 saturated carbocycles. The molecule has 6 heteroatoms. The predicted octanol–water partition coefficient (Wildman–Crippen LogP) is 3.71. The van der Waals surface area contributed by atoms with Crippen molar-refractivity contribution >= 4 is 51.9 Å². The smallest absolute Gasteiger partial charge is 0.151 e. The fourth-order valence-corrected chi connectivity index (χ4v) is 2.93. The molecule has 0 bridgehead atoms. The molecule has 0 aliphatic heterocycles. The molecule has 0 heterocycles. The molecule has 0 aliphatic rings. The number of halogens is 2. The first-order valence-corrected chi connectivity index (χ1v) is 6.87. The minimum Gasteiger partial charge on any atom is -0.379 e. The van der Waals surface area contributed by atoms with E-state index in [0.717, 1.165) is 16.4 Å². The molecule has 0 atom stereocenters. The number of hydrogen-bond donors (Lipinski definition) is 2. The Morgan fingerprint density at radius 1 is 1.33 bits per heavy atom. The standard InChI is InChI=1S/C9H10Cl2N2S2/c10-6-1-2-7(11)8(5-6)14-3-4-15-9(12)13/h1-2,5H,3-4H2,(H3,12,13). The maximum absolute atomic E-state index is 7.04. The fraction of sp³-hybridized carbons (Fsp3) is 0.222. The Kier molecular flexibility index (Phi) is 5.68. The van der Waals surface area contributed by atoms with Gasteiger partial charge in [-0.2, -0.15) is 0 Å². The Morgan fingerprint density at radius 3 is 2.73 bits per heavy atom. The van der Waals surface area contributed by atoms with Crippen LogP contribution in [0.2, 0.25) is 10.0 Å². The van der Waals surface area contributed by atoms with Crippen LogP contribution >= 0.6 is 46.7 Å². The molecule has 3 N–H and O–H groups in total. The van der Waals surface area contributed by atoms with E-state index < -0.39 is 0 Å². The predicted molar refractivity (Wildman–Crippen MR) is 71.6 cm³/mol. The van der Waals surface area contributed by atoms with Crippen LogP contribution in [0.5, 0.6) is 0 Å². The Bertz CT molecular complexity index is 358. The second-order valence-electron chi connectivity index (χ2n) is 2.64. The van der Waals surface area contributed by atoms with Gasteiger partial charge >= 0.3 is 0 Å². The number of hydrogen-bond acceptors (Lipinski definition) is 3. The lowest BCUT2D eigenvalue weighted by Crippen LogP contribution is -2.05. The fourth-order valence-electron chi connectivity index (χ4n) is 0.891. The summed E-state index contributed by atoms with van der Waals surface area (Å²) in [5, 5.41) is 8.57. The summed E-state index contributed by atoms with van der Waals surface area (Å²) in [5.41, 5.74) is 5.22. The first-order chi connectivity index (χ1) is 7.09. The van der Waals surface area contributed by atoms with E-state index in [0.29, 0.717) is 10.0 Å². The van der Waals surface area contributed by atoms with E-state index in [-0.39, 0.29) is 5.17 Å². The lowest BCUT2D eigenvalue weighted by atomic mass is 10.4. The number of amidine groups is 1. The third kappa shape index (κ3) is 5.02. The summed E-state index contributed by atoms with van der Waals surface area (Å²) < 4.78 is 0. The van der Waals surface area contributed by atoms with Crippen LogP contribution in [0.3, 0.4) is 0 Å². The summed E-state index contributed by atoms with van der Waals surface area (Å²) in [7, 11) is 0. The normalized spacial score (nSPS) is 10.3. The molecule has 0 radical (unpaired) electrons. The molecule has 82 valence electrons. The summed E-state index contributed by atoms with van der Waals surface area (Å²) in [6, 6.07) is 5.38. The van der Waals surface area contributed by atoms with Crippen LogP contribution in [-0.4, -0.2) is 16.7 Å². The number of thioether (sulfide) groups is 2. The highest BCUT2D eigenvalue weighted by molar-refractivity contribution is 8.14. The van der Waals surface area contributed by atoms with E-state index in [1.165, 1.54) is 11.8 Å². The van der Waals surface area contributed by atoms with Crippen LogP contribution < -0.4 is 5.73 Å². The molecule has 2 nitrogen and oxygen atoms in total. The van der Waals surface area contributed by atoms with Gasteiger partial charge in [-0.1, -0.05) is 35.0 Å². The molecule has 0 saturated heterocycles. The highest BCUT2D eigenvalue weighted by atomic mass is 35.5. The average Bonchev–Trinajstić information content (AvgIpc) is 2.17. The average molecular weight is 281 g/mol. The summed E-state index contributed by atoms with van der Waals surface area (Å²) in [4.78, 5) is 0.966. The van der Waals surface area contributed by atoms with Crippen molar-refractivity contribution in [2.75, 3.05) is 11.5 Å². The quantitative estimate of drug-likeness (QED) is 0.383. The van der Waals surface area contributed by atoms with Crippen molar-refractivity contribution in [2.24, 2.45) is 5.73 Å². The Hall–Kier alpha value is -0.0300. The molecule has 1 rings (SSSR count). The lowest BCUT2D eigenvalue weighted by Gasteiger charge is -2.04. The van der Waals surface area contributed by atoms with E-state index in [4.69, 9.17) is 34.3 Å². The molecule has 1 aromatic carbocycles.